The molecule has 0 aliphatic heterocycles. The largest absolute Gasteiger partial charge is 0.299 e. The Kier molecular flexibility index (Phi) is 8.49. The van der Waals surface area contributed by atoms with E-state index in [0.29, 0.717) is 5.69 Å². The fraction of sp³-hybridized carbons (Fsp3) is 0.647. The molecule has 0 bridgehead atoms. The molecule has 0 saturated carbocycles. The zero-order chi connectivity index (χ0) is 16.4. The quantitative estimate of drug-likeness (QED) is 0.628. The molecule has 1 aromatic carbocycles. The molecule has 22 heavy (non-hydrogen) atoms. The summed E-state index contributed by atoms with van der Waals surface area (Å²) in [7, 11) is -3.20. The number of rotatable bonds is 11. The molecule has 1 rings (SSSR count). The summed E-state index contributed by atoms with van der Waals surface area (Å²) in [6, 6.07) is 7.64. The van der Waals surface area contributed by atoms with Gasteiger partial charge in [0, 0.05) is 12.2 Å². The van der Waals surface area contributed by atoms with E-state index in [1.807, 2.05) is 24.3 Å². The molecule has 0 aliphatic carbocycles. The van der Waals surface area contributed by atoms with E-state index < -0.39 is 10.0 Å². The molecule has 0 spiro atoms. The molecule has 0 atom stereocenters. The van der Waals surface area contributed by atoms with E-state index in [2.05, 4.69) is 23.5 Å². The minimum Gasteiger partial charge on any atom is -0.299 e. The molecule has 0 aromatic heterocycles. The molecule has 0 amide bonds. The van der Waals surface area contributed by atoms with Gasteiger partial charge in [-0.3, -0.25) is 9.62 Å². The van der Waals surface area contributed by atoms with Crippen LogP contribution in [0.4, 0.5) is 5.69 Å². The van der Waals surface area contributed by atoms with Crippen LogP contribution in [0.1, 0.15) is 51.5 Å². The zero-order valence-electron chi connectivity index (χ0n) is 14.1. The van der Waals surface area contributed by atoms with Crippen molar-refractivity contribution in [3.63, 3.8) is 0 Å². The average Bonchev–Trinajstić information content (AvgIpc) is 2.46. The van der Waals surface area contributed by atoms with Crippen molar-refractivity contribution in [3.8, 4) is 0 Å². The van der Waals surface area contributed by atoms with Crippen molar-refractivity contribution in [1.29, 1.82) is 0 Å². The number of benzene rings is 1. The van der Waals surface area contributed by atoms with Crippen LogP contribution < -0.4 is 4.72 Å². The highest BCUT2D eigenvalue weighted by Gasteiger charge is 2.05. The molecule has 126 valence electrons. The number of nitrogens with one attached hydrogen (secondary N) is 1. The third-order valence-corrected chi connectivity index (χ3v) is 4.29. The van der Waals surface area contributed by atoms with Crippen LogP contribution in [-0.2, 0) is 16.6 Å². The lowest BCUT2D eigenvalue weighted by Crippen LogP contribution is -2.24. The molecule has 0 aliphatic rings. The van der Waals surface area contributed by atoms with Crippen LogP contribution in [0.15, 0.2) is 24.3 Å². The lowest BCUT2D eigenvalue weighted by atomic mass is 10.1. The normalized spacial score (nSPS) is 11.8. The summed E-state index contributed by atoms with van der Waals surface area (Å²) in [5, 5.41) is 0. The molecule has 0 radical (unpaired) electrons. The molecular weight excluding hydrogens is 296 g/mol. The van der Waals surface area contributed by atoms with E-state index >= 15 is 0 Å². The van der Waals surface area contributed by atoms with E-state index in [0.717, 1.165) is 25.9 Å². The third-order valence-electron chi connectivity index (χ3n) is 3.69. The van der Waals surface area contributed by atoms with Crippen LogP contribution in [-0.4, -0.2) is 32.7 Å². The summed E-state index contributed by atoms with van der Waals surface area (Å²) in [6.45, 7) is 7.51. The van der Waals surface area contributed by atoms with Gasteiger partial charge in [-0.25, -0.2) is 8.42 Å². The smallest absolute Gasteiger partial charge is 0.229 e. The Morgan fingerprint density at radius 2 is 1.64 bits per heavy atom. The van der Waals surface area contributed by atoms with Crippen LogP contribution in [0.2, 0.25) is 0 Å². The summed E-state index contributed by atoms with van der Waals surface area (Å²) < 4.78 is 24.9. The molecule has 0 heterocycles. The number of hydrogen-bond donors (Lipinski definition) is 1. The van der Waals surface area contributed by atoms with Gasteiger partial charge in [-0.15, -0.1) is 0 Å². The minimum absolute atomic E-state index is 0.619. The summed E-state index contributed by atoms with van der Waals surface area (Å²) in [6.07, 6.45) is 7.67. The van der Waals surface area contributed by atoms with Gasteiger partial charge in [-0.2, -0.15) is 0 Å². The number of sulfonamides is 1. The SMILES string of the molecule is CCCCCCCN(CC)Cc1ccc(NS(C)(=O)=O)cc1. The fourth-order valence-corrected chi connectivity index (χ4v) is 3.00. The van der Waals surface area contributed by atoms with Crippen LogP contribution in [0, 0.1) is 0 Å². The Labute approximate surface area is 136 Å². The summed E-state index contributed by atoms with van der Waals surface area (Å²) >= 11 is 0. The van der Waals surface area contributed by atoms with Gasteiger partial charge in [0.05, 0.1) is 6.26 Å². The second-order valence-electron chi connectivity index (χ2n) is 5.85. The second-order valence-corrected chi connectivity index (χ2v) is 7.60. The molecule has 4 nitrogen and oxygen atoms in total. The molecule has 0 unspecified atom stereocenters. The molecule has 0 fully saturated rings. The van der Waals surface area contributed by atoms with Crippen molar-refractivity contribution in [2.24, 2.45) is 0 Å². The van der Waals surface area contributed by atoms with Gasteiger partial charge in [0.1, 0.15) is 0 Å². The second kappa shape index (κ2) is 9.85. The summed E-state index contributed by atoms with van der Waals surface area (Å²) in [5.74, 6) is 0. The van der Waals surface area contributed by atoms with Crippen molar-refractivity contribution in [2.75, 3.05) is 24.1 Å². The Morgan fingerprint density at radius 1 is 1.00 bits per heavy atom. The number of unbranched alkanes of at least 4 members (excludes halogenated alkanes) is 4. The van der Waals surface area contributed by atoms with E-state index in [9.17, 15) is 8.42 Å². The summed E-state index contributed by atoms with van der Waals surface area (Å²) in [4.78, 5) is 2.44. The molecule has 1 N–H and O–H groups in total. The first-order valence-corrected chi connectivity index (χ1v) is 10.1. The highest BCUT2D eigenvalue weighted by Crippen LogP contribution is 2.13. The zero-order valence-corrected chi connectivity index (χ0v) is 15.0. The maximum Gasteiger partial charge on any atom is 0.229 e. The minimum atomic E-state index is -3.20. The van der Waals surface area contributed by atoms with Gasteiger partial charge < -0.3 is 0 Å². The van der Waals surface area contributed by atoms with Gasteiger partial charge in [-0.05, 0) is 37.2 Å². The van der Waals surface area contributed by atoms with E-state index in [1.54, 1.807) is 0 Å². The predicted molar refractivity (Wildman–Crippen MR) is 94.6 cm³/mol. The van der Waals surface area contributed by atoms with Crippen molar-refractivity contribution in [3.05, 3.63) is 29.8 Å². The van der Waals surface area contributed by atoms with Gasteiger partial charge in [-0.1, -0.05) is 51.7 Å². The number of nitrogens with zero attached hydrogens (tertiary/aromatic N) is 1. The van der Waals surface area contributed by atoms with E-state index in [-0.39, 0.29) is 0 Å². The highest BCUT2D eigenvalue weighted by molar-refractivity contribution is 7.92. The van der Waals surface area contributed by atoms with Gasteiger partial charge in [0.25, 0.3) is 0 Å². The fourth-order valence-electron chi connectivity index (χ4n) is 2.44. The van der Waals surface area contributed by atoms with Crippen LogP contribution in [0.5, 0.6) is 0 Å². The Bertz CT molecular complexity index is 512. The highest BCUT2D eigenvalue weighted by atomic mass is 32.2. The average molecular weight is 327 g/mol. The van der Waals surface area contributed by atoms with Crippen molar-refractivity contribution in [2.45, 2.75) is 52.5 Å². The number of anilines is 1. The van der Waals surface area contributed by atoms with Crippen molar-refractivity contribution in [1.82, 2.24) is 4.90 Å². The van der Waals surface area contributed by atoms with Crippen LogP contribution in [0.25, 0.3) is 0 Å². The van der Waals surface area contributed by atoms with Crippen molar-refractivity contribution >= 4 is 15.7 Å². The molecule has 0 saturated heterocycles. The van der Waals surface area contributed by atoms with Crippen molar-refractivity contribution < 1.29 is 8.42 Å². The molecule has 5 heteroatoms. The Balaban J connectivity index is 2.43. The topological polar surface area (TPSA) is 49.4 Å². The maximum absolute atomic E-state index is 11.2. The predicted octanol–water partition coefficient (Wildman–Crippen LogP) is 3.85. The lowest BCUT2D eigenvalue weighted by molar-refractivity contribution is 0.272. The standard InChI is InChI=1S/C17H30N2O2S/c1-4-6-7-8-9-14-19(5-2)15-16-10-12-17(13-11-16)18-22(3,20)21/h10-13,18H,4-9,14-15H2,1-3H3. The molecule has 1 aromatic rings. The van der Waals surface area contributed by atoms with E-state index in [1.165, 1.54) is 37.7 Å². The third kappa shape index (κ3) is 8.39. The first-order valence-electron chi connectivity index (χ1n) is 8.23. The molecular formula is C17H30N2O2S. The Hall–Kier alpha value is -1.07. The first-order chi connectivity index (χ1) is 10.4. The monoisotopic (exact) mass is 326 g/mol. The summed E-state index contributed by atoms with van der Waals surface area (Å²) in [5.41, 5.74) is 1.84. The Morgan fingerprint density at radius 3 is 2.18 bits per heavy atom. The van der Waals surface area contributed by atoms with E-state index in [4.69, 9.17) is 0 Å². The number of hydrogen-bond acceptors (Lipinski definition) is 3. The van der Waals surface area contributed by atoms with Crippen LogP contribution >= 0.6 is 0 Å². The first kappa shape index (κ1) is 19.0. The van der Waals surface area contributed by atoms with Gasteiger partial charge >= 0.3 is 0 Å². The van der Waals surface area contributed by atoms with Crippen LogP contribution in [0.3, 0.4) is 0 Å². The van der Waals surface area contributed by atoms with Gasteiger partial charge in [0.2, 0.25) is 10.0 Å². The van der Waals surface area contributed by atoms with Gasteiger partial charge in [0.15, 0.2) is 0 Å². The lowest BCUT2D eigenvalue weighted by Gasteiger charge is -2.20. The maximum atomic E-state index is 11.2.